The number of aromatic nitrogens is 4. The third kappa shape index (κ3) is 2.41. The SMILES string of the molecule is CCOC(=O)c1cncnc1-c1ccncn1. The largest absolute Gasteiger partial charge is 0.462 e. The average molecular weight is 230 g/mol. The van der Waals surface area contributed by atoms with Gasteiger partial charge in [0.1, 0.15) is 23.9 Å². The van der Waals surface area contributed by atoms with E-state index >= 15 is 0 Å². The van der Waals surface area contributed by atoms with Crippen LogP contribution in [0.25, 0.3) is 11.4 Å². The molecule has 0 saturated heterocycles. The Labute approximate surface area is 97.7 Å². The summed E-state index contributed by atoms with van der Waals surface area (Å²) in [6, 6.07) is 1.67. The molecule has 2 rings (SSSR count). The third-order valence-electron chi connectivity index (χ3n) is 2.03. The highest BCUT2D eigenvalue weighted by Gasteiger charge is 2.15. The maximum atomic E-state index is 11.7. The zero-order valence-corrected chi connectivity index (χ0v) is 9.20. The number of ether oxygens (including phenoxy) is 1. The van der Waals surface area contributed by atoms with Crippen LogP contribution in [0.5, 0.6) is 0 Å². The summed E-state index contributed by atoms with van der Waals surface area (Å²) in [5, 5.41) is 0. The topological polar surface area (TPSA) is 77.9 Å². The Kier molecular flexibility index (Phi) is 3.34. The number of nitrogens with zero attached hydrogens (tertiary/aromatic N) is 4. The van der Waals surface area contributed by atoms with E-state index in [0.29, 0.717) is 23.6 Å². The smallest absolute Gasteiger partial charge is 0.341 e. The Morgan fingerprint density at radius 2 is 2.12 bits per heavy atom. The van der Waals surface area contributed by atoms with Crippen LogP contribution in [-0.4, -0.2) is 32.5 Å². The molecule has 0 amide bonds. The summed E-state index contributed by atoms with van der Waals surface area (Å²) >= 11 is 0. The van der Waals surface area contributed by atoms with Gasteiger partial charge in [-0.3, -0.25) is 0 Å². The van der Waals surface area contributed by atoms with Gasteiger partial charge in [-0.2, -0.15) is 0 Å². The standard InChI is InChI=1S/C11H10N4O2/c1-2-17-11(16)8-5-13-7-15-10(8)9-3-4-12-6-14-9/h3-7H,2H2,1H3. The van der Waals surface area contributed by atoms with Gasteiger partial charge in [-0.05, 0) is 13.0 Å². The first-order valence-electron chi connectivity index (χ1n) is 5.06. The van der Waals surface area contributed by atoms with Gasteiger partial charge in [-0.15, -0.1) is 0 Å². The minimum Gasteiger partial charge on any atom is -0.462 e. The van der Waals surface area contributed by atoms with Gasteiger partial charge in [0, 0.05) is 12.4 Å². The van der Waals surface area contributed by atoms with Crippen molar-refractivity contribution in [3.63, 3.8) is 0 Å². The number of esters is 1. The molecule has 0 fully saturated rings. The van der Waals surface area contributed by atoms with Crippen molar-refractivity contribution in [3.8, 4) is 11.4 Å². The monoisotopic (exact) mass is 230 g/mol. The van der Waals surface area contributed by atoms with Crippen molar-refractivity contribution in [2.75, 3.05) is 6.61 Å². The zero-order chi connectivity index (χ0) is 12.1. The van der Waals surface area contributed by atoms with Crippen molar-refractivity contribution in [1.29, 1.82) is 0 Å². The maximum Gasteiger partial charge on any atom is 0.341 e. The molecule has 0 aliphatic rings. The molecule has 17 heavy (non-hydrogen) atoms. The second-order valence-corrected chi connectivity index (χ2v) is 3.10. The van der Waals surface area contributed by atoms with Crippen LogP contribution in [0.4, 0.5) is 0 Å². The summed E-state index contributed by atoms with van der Waals surface area (Å²) in [7, 11) is 0. The number of carbonyl (C=O) groups is 1. The van der Waals surface area contributed by atoms with Crippen molar-refractivity contribution in [1.82, 2.24) is 19.9 Å². The lowest BCUT2D eigenvalue weighted by Gasteiger charge is -2.05. The second kappa shape index (κ2) is 5.11. The molecule has 6 heteroatoms. The highest BCUT2D eigenvalue weighted by molar-refractivity contribution is 5.95. The molecule has 0 saturated carbocycles. The number of rotatable bonds is 3. The van der Waals surface area contributed by atoms with E-state index in [2.05, 4.69) is 19.9 Å². The summed E-state index contributed by atoms with van der Waals surface area (Å²) in [5.74, 6) is -0.457. The van der Waals surface area contributed by atoms with Crippen molar-refractivity contribution in [2.45, 2.75) is 6.92 Å². The molecular formula is C11H10N4O2. The van der Waals surface area contributed by atoms with Gasteiger partial charge in [0.2, 0.25) is 0 Å². The molecule has 0 aromatic carbocycles. The van der Waals surface area contributed by atoms with Crippen LogP contribution >= 0.6 is 0 Å². The predicted octanol–water partition coefficient (Wildman–Crippen LogP) is 1.11. The lowest BCUT2D eigenvalue weighted by atomic mass is 10.2. The van der Waals surface area contributed by atoms with Gasteiger partial charge in [-0.1, -0.05) is 0 Å². The molecule has 0 aliphatic carbocycles. The number of hydrogen-bond donors (Lipinski definition) is 0. The fraction of sp³-hybridized carbons (Fsp3) is 0.182. The Hall–Kier alpha value is -2.37. The Bertz CT molecular complexity index is 516. The first-order chi connectivity index (χ1) is 8.33. The summed E-state index contributed by atoms with van der Waals surface area (Å²) in [6.07, 6.45) is 5.76. The van der Waals surface area contributed by atoms with E-state index in [1.165, 1.54) is 18.9 Å². The fourth-order valence-corrected chi connectivity index (χ4v) is 1.32. The van der Waals surface area contributed by atoms with E-state index in [1.807, 2.05) is 0 Å². The lowest BCUT2D eigenvalue weighted by Crippen LogP contribution is -2.08. The summed E-state index contributed by atoms with van der Waals surface area (Å²) in [6.45, 7) is 2.04. The minimum absolute atomic E-state index is 0.299. The van der Waals surface area contributed by atoms with Gasteiger partial charge in [0.15, 0.2) is 0 Å². The molecule has 0 radical (unpaired) electrons. The van der Waals surface area contributed by atoms with E-state index in [1.54, 1.807) is 19.2 Å². The Morgan fingerprint density at radius 1 is 1.29 bits per heavy atom. The minimum atomic E-state index is -0.457. The molecular weight excluding hydrogens is 220 g/mol. The van der Waals surface area contributed by atoms with Gasteiger partial charge < -0.3 is 4.74 Å². The van der Waals surface area contributed by atoms with Gasteiger partial charge in [0.05, 0.1) is 12.3 Å². The molecule has 0 bridgehead atoms. The van der Waals surface area contributed by atoms with Crippen LogP contribution in [0.15, 0.2) is 31.1 Å². The van der Waals surface area contributed by atoms with E-state index in [9.17, 15) is 4.79 Å². The first kappa shape index (κ1) is 11.1. The Morgan fingerprint density at radius 3 is 2.82 bits per heavy atom. The molecule has 0 spiro atoms. The molecule has 2 aromatic heterocycles. The summed E-state index contributed by atoms with van der Waals surface area (Å²) in [4.78, 5) is 27.4. The first-order valence-corrected chi connectivity index (χ1v) is 5.06. The highest BCUT2D eigenvalue weighted by atomic mass is 16.5. The van der Waals surface area contributed by atoms with Crippen LogP contribution < -0.4 is 0 Å². The van der Waals surface area contributed by atoms with Crippen molar-refractivity contribution < 1.29 is 9.53 Å². The van der Waals surface area contributed by atoms with Crippen LogP contribution in [0.1, 0.15) is 17.3 Å². The second-order valence-electron chi connectivity index (χ2n) is 3.10. The van der Waals surface area contributed by atoms with Crippen LogP contribution in [0, 0.1) is 0 Å². The quantitative estimate of drug-likeness (QED) is 0.735. The Balaban J connectivity index is 2.45. The lowest BCUT2D eigenvalue weighted by molar-refractivity contribution is 0.0526. The van der Waals surface area contributed by atoms with Crippen molar-refractivity contribution in [3.05, 3.63) is 36.7 Å². The van der Waals surface area contributed by atoms with E-state index in [4.69, 9.17) is 4.74 Å². The summed E-state index contributed by atoms with van der Waals surface area (Å²) < 4.78 is 4.93. The molecule has 2 heterocycles. The van der Waals surface area contributed by atoms with Gasteiger partial charge >= 0.3 is 5.97 Å². The molecule has 0 aliphatic heterocycles. The molecule has 0 atom stereocenters. The van der Waals surface area contributed by atoms with Crippen LogP contribution in [0.3, 0.4) is 0 Å². The van der Waals surface area contributed by atoms with Gasteiger partial charge in [-0.25, -0.2) is 24.7 Å². The fourth-order valence-electron chi connectivity index (χ4n) is 1.32. The third-order valence-corrected chi connectivity index (χ3v) is 2.03. The van der Waals surface area contributed by atoms with Crippen LogP contribution in [-0.2, 0) is 4.74 Å². The van der Waals surface area contributed by atoms with Gasteiger partial charge in [0.25, 0.3) is 0 Å². The van der Waals surface area contributed by atoms with E-state index < -0.39 is 5.97 Å². The highest BCUT2D eigenvalue weighted by Crippen LogP contribution is 2.17. The number of hydrogen-bond acceptors (Lipinski definition) is 6. The molecule has 6 nitrogen and oxygen atoms in total. The number of carbonyl (C=O) groups excluding carboxylic acids is 1. The molecule has 0 unspecified atom stereocenters. The zero-order valence-electron chi connectivity index (χ0n) is 9.20. The normalized spacial score (nSPS) is 9.94. The predicted molar refractivity (Wildman–Crippen MR) is 59.0 cm³/mol. The molecule has 0 N–H and O–H groups in total. The average Bonchev–Trinajstić information content (AvgIpc) is 2.40. The summed E-state index contributed by atoms with van der Waals surface area (Å²) in [5.41, 5.74) is 1.30. The van der Waals surface area contributed by atoms with Crippen molar-refractivity contribution >= 4 is 5.97 Å². The van der Waals surface area contributed by atoms with Crippen LogP contribution in [0.2, 0.25) is 0 Å². The maximum absolute atomic E-state index is 11.7. The van der Waals surface area contributed by atoms with Crippen molar-refractivity contribution in [2.24, 2.45) is 0 Å². The van der Waals surface area contributed by atoms with E-state index in [-0.39, 0.29) is 0 Å². The van der Waals surface area contributed by atoms with E-state index in [0.717, 1.165) is 0 Å². The molecule has 2 aromatic rings. The molecule has 86 valence electrons.